The second-order valence-corrected chi connectivity index (χ2v) is 6.11. The minimum absolute atomic E-state index is 0.0567. The van der Waals surface area contributed by atoms with E-state index >= 15 is 0 Å². The summed E-state index contributed by atoms with van der Waals surface area (Å²) < 4.78 is 32.7. The molecule has 3 unspecified atom stereocenters. The SMILES string of the molecule is CC(O)C(O)CCOC(OS(C)(=O)=O)c1ccccc1. The largest absolute Gasteiger partial charge is 0.391 e. The van der Waals surface area contributed by atoms with E-state index in [-0.39, 0.29) is 13.0 Å². The van der Waals surface area contributed by atoms with Gasteiger partial charge >= 0.3 is 0 Å². The van der Waals surface area contributed by atoms with Gasteiger partial charge in [-0.3, -0.25) is 0 Å². The highest BCUT2D eigenvalue weighted by Gasteiger charge is 2.19. The van der Waals surface area contributed by atoms with Crippen LogP contribution in [-0.2, 0) is 19.0 Å². The number of benzene rings is 1. The summed E-state index contributed by atoms with van der Waals surface area (Å²) in [6.07, 6.45) is -1.74. The third-order valence-corrected chi connectivity index (χ3v) is 3.10. The summed E-state index contributed by atoms with van der Waals surface area (Å²) in [5.41, 5.74) is 0.560. The molecule has 0 amide bonds. The van der Waals surface area contributed by atoms with Crippen molar-refractivity contribution in [1.29, 1.82) is 0 Å². The molecule has 0 bridgehead atoms. The monoisotopic (exact) mass is 304 g/mol. The Morgan fingerprint density at radius 3 is 2.30 bits per heavy atom. The Hall–Kier alpha value is -0.990. The maximum atomic E-state index is 11.2. The number of aliphatic hydroxyl groups excluding tert-OH is 2. The van der Waals surface area contributed by atoms with Crippen molar-refractivity contribution in [2.24, 2.45) is 0 Å². The fourth-order valence-corrected chi connectivity index (χ4v) is 1.97. The Morgan fingerprint density at radius 1 is 1.20 bits per heavy atom. The summed E-state index contributed by atoms with van der Waals surface area (Å²) in [5.74, 6) is 0. The van der Waals surface area contributed by atoms with Gasteiger partial charge in [-0.1, -0.05) is 30.3 Å². The van der Waals surface area contributed by atoms with E-state index in [4.69, 9.17) is 14.0 Å². The van der Waals surface area contributed by atoms with Crippen LogP contribution in [0.1, 0.15) is 25.2 Å². The van der Waals surface area contributed by atoms with Gasteiger partial charge in [0, 0.05) is 5.56 Å². The van der Waals surface area contributed by atoms with Crippen molar-refractivity contribution in [3.63, 3.8) is 0 Å². The molecule has 0 aromatic heterocycles. The van der Waals surface area contributed by atoms with E-state index in [0.29, 0.717) is 5.56 Å². The first-order valence-electron chi connectivity index (χ1n) is 6.20. The molecule has 0 radical (unpaired) electrons. The highest BCUT2D eigenvalue weighted by atomic mass is 32.2. The average Bonchev–Trinajstić information content (AvgIpc) is 2.37. The lowest BCUT2D eigenvalue weighted by Gasteiger charge is -2.19. The van der Waals surface area contributed by atoms with Crippen molar-refractivity contribution < 1.29 is 27.6 Å². The lowest BCUT2D eigenvalue weighted by molar-refractivity contribution is -0.0927. The quantitative estimate of drug-likeness (QED) is 0.545. The van der Waals surface area contributed by atoms with Crippen LogP contribution in [0.5, 0.6) is 0 Å². The van der Waals surface area contributed by atoms with Gasteiger partial charge in [-0.2, -0.15) is 8.42 Å². The van der Waals surface area contributed by atoms with Gasteiger partial charge in [0.2, 0.25) is 6.29 Å². The molecule has 0 saturated heterocycles. The molecule has 2 N–H and O–H groups in total. The number of aliphatic hydroxyl groups is 2. The molecule has 0 fully saturated rings. The van der Waals surface area contributed by atoms with Crippen LogP contribution in [0.25, 0.3) is 0 Å². The molecule has 0 spiro atoms. The van der Waals surface area contributed by atoms with Crippen LogP contribution >= 0.6 is 0 Å². The van der Waals surface area contributed by atoms with Gasteiger partial charge in [0.05, 0.1) is 25.1 Å². The fourth-order valence-electron chi connectivity index (χ4n) is 1.49. The lowest BCUT2D eigenvalue weighted by Crippen LogP contribution is -2.25. The molecule has 7 heteroatoms. The predicted octanol–water partition coefficient (Wildman–Crippen LogP) is 0.810. The van der Waals surface area contributed by atoms with E-state index < -0.39 is 28.6 Å². The first kappa shape index (κ1) is 17.1. The molecule has 0 saturated carbocycles. The first-order valence-corrected chi connectivity index (χ1v) is 8.02. The highest BCUT2D eigenvalue weighted by Crippen LogP contribution is 2.21. The molecule has 20 heavy (non-hydrogen) atoms. The van der Waals surface area contributed by atoms with E-state index in [2.05, 4.69) is 0 Å². The van der Waals surface area contributed by atoms with E-state index in [0.717, 1.165) is 6.26 Å². The average molecular weight is 304 g/mol. The lowest BCUT2D eigenvalue weighted by atomic mass is 10.2. The second-order valence-electron chi connectivity index (χ2n) is 4.51. The minimum Gasteiger partial charge on any atom is -0.391 e. The Kier molecular flexibility index (Phi) is 6.57. The van der Waals surface area contributed by atoms with Crippen LogP contribution in [0.15, 0.2) is 30.3 Å². The molecule has 6 nitrogen and oxygen atoms in total. The molecule has 3 atom stereocenters. The summed E-state index contributed by atoms with van der Waals surface area (Å²) in [4.78, 5) is 0. The molecule has 0 aliphatic heterocycles. The van der Waals surface area contributed by atoms with Crippen LogP contribution in [0.2, 0.25) is 0 Å². The van der Waals surface area contributed by atoms with E-state index in [1.165, 1.54) is 6.92 Å². The summed E-state index contributed by atoms with van der Waals surface area (Å²) >= 11 is 0. The van der Waals surface area contributed by atoms with Crippen molar-refractivity contribution in [2.75, 3.05) is 12.9 Å². The van der Waals surface area contributed by atoms with Gasteiger partial charge in [0.1, 0.15) is 0 Å². The van der Waals surface area contributed by atoms with Crippen molar-refractivity contribution in [1.82, 2.24) is 0 Å². The number of hydrogen-bond donors (Lipinski definition) is 2. The van der Waals surface area contributed by atoms with Gasteiger partial charge in [0.25, 0.3) is 10.1 Å². The molecule has 0 aliphatic carbocycles. The summed E-state index contributed by atoms with van der Waals surface area (Å²) in [5, 5.41) is 18.6. The molecular weight excluding hydrogens is 284 g/mol. The number of hydrogen-bond acceptors (Lipinski definition) is 6. The fraction of sp³-hybridized carbons (Fsp3) is 0.538. The van der Waals surface area contributed by atoms with Gasteiger partial charge in [-0.25, -0.2) is 4.18 Å². The van der Waals surface area contributed by atoms with Crippen LogP contribution < -0.4 is 0 Å². The Labute approximate surface area is 119 Å². The third-order valence-electron chi connectivity index (χ3n) is 2.57. The molecular formula is C13H20O6S. The van der Waals surface area contributed by atoms with Gasteiger partial charge in [0.15, 0.2) is 0 Å². The third kappa shape index (κ3) is 6.44. The number of ether oxygens (including phenoxy) is 1. The van der Waals surface area contributed by atoms with Crippen molar-refractivity contribution in [2.45, 2.75) is 31.8 Å². The summed E-state index contributed by atoms with van der Waals surface area (Å²) in [6, 6.07) is 8.63. The maximum Gasteiger partial charge on any atom is 0.267 e. The summed E-state index contributed by atoms with van der Waals surface area (Å²) in [7, 11) is -3.68. The van der Waals surface area contributed by atoms with E-state index in [1.807, 2.05) is 0 Å². The Balaban J connectivity index is 2.65. The van der Waals surface area contributed by atoms with Crippen molar-refractivity contribution in [3.8, 4) is 0 Å². The molecule has 0 aliphatic rings. The molecule has 1 aromatic rings. The van der Waals surface area contributed by atoms with Crippen molar-refractivity contribution in [3.05, 3.63) is 35.9 Å². The van der Waals surface area contributed by atoms with Gasteiger partial charge in [-0.15, -0.1) is 0 Å². The second kappa shape index (κ2) is 7.70. The topological polar surface area (TPSA) is 93.1 Å². The van der Waals surface area contributed by atoms with Gasteiger partial charge < -0.3 is 14.9 Å². The zero-order valence-electron chi connectivity index (χ0n) is 11.5. The Bertz CT molecular complexity index is 485. The molecule has 0 heterocycles. The minimum atomic E-state index is -3.68. The summed E-state index contributed by atoms with van der Waals surface area (Å²) in [6.45, 7) is 1.52. The first-order chi connectivity index (χ1) is 9.29. The van der Waals surface area contributed by atoms with Gasteiger partial charge in [-0.05, 0) is 13.3 Å². The van der Waals surface area contributed by atoms with E-state index in [9.17, 15) is 13.5 Å². The van der Waals surface area contributed by atoms with E-state index in [1.54, 1.807) is 30.3 Å². The van der Waals surface area contributed by atoms with Crippen LogP contribution in [0.3, 0.4) is 0 Å². The van der Waals surface area contributed by atoms with Crippen LogP contribution in [0.4, 0.5) is 0 Å². The van der Waals surface area contributed by atoms with Crippen LogP contribution in [0, 0.1) is 0 Å². The Morgan fingerprint density at radius 2 is 1.80 bits per heavy atom. The molecule has 1 aromatic carbocycles. The molecule has 1 rings (SSSR count). The smallest absolute Gasteiger partial charge is 0.267 e. The highest BCUT2D eigenvalue weighted by molar-refractivity contribution is 7.85. The number of rotatable bonds is 8. The van der Waals surface area contributed by atoms with Crippen molar-refractivity contribution >= 4 is 10.1 Å². The van der Waals surface area contributed by atoms with Crippen LogP contribution in [-0.4, -0.2) is 43.7 Å². The standard InChI is InChI=1S/C13H20O6S/c1-10(14)12(15)8-9-18-13(19-20(2,16)17)11-6-4-3-5-7-11/h3-7,10,12-15H,8-9H2,1-2H3. The normalized spacial score (nSPS) is 16.6. The maximum absolute atomic E-state index is 11.2. The molecule has 114 valence electrons. The predicted molar refractivity (Wildman–Crippen MR) is 73.4 cm³/mol. The zero-order valence-corrected chi connectivity index (χ0v) is 12.3. The zero-order chi connectivity index (χ0) is 15.2.